The molecule has 0 aliphatic heterocycles. The van der Waals surface area contributed by atoms with Crippen molar-refractivity contribution in [1.82, 2.24) is 10.3 Å². The number of aromatic nitrogens is 1. The average Bonchev–Trinajstić information content (AvgIpc) is 3.18. The monoisotopic (exact) mass is 488 g/mol. The molecule has 0 atom stereocenters. The van der Waals surface area contributed by atoms with Crippen molar-refractivity contribution in [1.29, 1.82) is 0 Å². The second-order valence-electron chi connectivity index (χ2n) is 7.00. The number of ether oxygens (including phenoxy) is 2. The number of pyridine rings is 1. The third-order valence-electron chi connectivity index (χ3n) is 4.97. The molecule has 4 rings (SSSR count). The smallest absolute Gasteiger partial charge is 0.263 e. The number of hydrogen-bond donors (Lipinski definition) is 1. The molecule has 0 unspecified atom stereocenters. The van der Waals surface area contributed by atoms with E-state index in [0.717, 1.165) is 34.6 Å². The van der Waals surface area contributed by atoms with Crippen LogP contribution in [-0.4, -0.2) is 24.6 Å². The van der Waals surface area contributed by atoms with Crippen LogP contribution in [0.5, 0.6) is 11.6 Å². The highest BCUT2D eigenvalue weighted by Gasteiger charge is 2.22. The van der Waals surface area contributed by atoms with E-state index in [0.29, 0.717) is 23.8 Å². The van der Waals surface area contributed by atoms with Crippen LogP contribution in [0.2, 0.25) is 5.02 Å². The minimum absolute atomic E-state index is 0.00696. The molecule has 9 heteroatoms. The largest absolute Gasteiger partial charge is 0.496 e. The Hall–Kier alpha value is -3.23. The molecule has 0 saturated carbocycles. The van der Waals surface area contributed by atoms with E-state index < -0.39 is 17.5 Å². The van der Waals surface area contributed by atoms with Gasteiger partial charge in [0.1, 0.15) is 22.3 Å². The van der Waals surface area contributed by atoms with Gasteiger partial charge in [-0.3, -0.25) is 4.79 Å². The summed E-state index contributed by atoms with van der Waals surface area (Å²) in [5, 5.41) is 2.57. The Balaban J connectivity index is 1.60. The zero-order valence-corrected chi connectivity index (χ0v) is 19.3. The van der Waals surface area contributed by atoms with Crippen LogP contribution in [0.1, 0.15) is 22.2 Å². The fourth-order valence-corrected chi connectivity index (χ4v) is 4.88. The number of halogens is 3. The fraction of sp³-hybridized carbons (Fsp3) is 0.167. The van der Waals surface area contributed by atoms with Gasteiger partial charge in [0.2, 0.25) is 5.88 Å². The van der Waals surface area contributed by atoms with E-state index in [1.54, 1.807) is 12.3 Å². The molecule has 2 aromatic heterocycles. The van der Waals surface area contributed by atoms with Crippen molar-refractivity contribution >= 4 is 38.9 Å². The Morgan fingerprint density at radius 2 is 1.88 bits per heavy atom. The summed E-state index contributed by atoms with van der Waals surface area (Å²) in [6, 6.07) is 11.3. The van der Waals surface area contributed by atoms with E-state index >= 15 is 0 Å². The number of methoxy groups -OCH3 is 1. The minimum atomic E-state index is -0.676. The number of hydrogen-bond acceptors (Lipinski definition) is 5. The summed E-state index contributed by atoms with van der Waals surface area (Å²) in [4.78, 5) is 17.0. The molecule has 4 aromatic rings. The topological polar surface area (TPSA) is 60.5 Å². The van der Waals surface area contributed by atoms with Crippen molar-refractivity contribution in [2.45, 2.75) is 13.5 Å². The second kappa shape index (κ2) is 9.72. The highest BCUT2D eigenvalue weighted by molar-refractivity contribution is 7.21. The summed E-state index contributed by atoms with van der Waals surface area (Å²) in [7, 11) is 1.54. The number of carbonyl (C=O) groups is 1. The lowest BCUT2D eigenvalue weighted by Gasteiger charge is -2.12. The van der Waals surface area contributed by atoms with Gasteiger partial charge in [0.05, 0.1) is 28.8 Å². The number of thiophene rings is 1. The zero-order valence-electron chi connectivity index (χ0n) is 17.7. The first-order chi connectivity index (χ1) is 15.9. The maximum absolute atomic E-state index is 14.1. The minimum Gasteiger partial charge on any atom is -0.496 e. The molecule has 1 N–H and O–H groups in total. The van der Waals surface area contributed by atoms with Gasteiger partial charge in [-0.1, -0.05) is 17.7 Å². The Morgan fingerprint density at radius 3 is 2.61 bits per heavy atom. The number of carbonyl (C=O) groups excluding carboxylic acids is 1. The fourth-order valence-electron chi connectivity index (χ4n) is 3.41. The predicted molar refractivity (Wildman–Crippen MR) is 125 cm³/mol. The Bertz CT molecular complexity index is 1340. The van der Waals surface area contributed by atoms with Gasteiger partial charge in [-0.25, -0.2) is 13.8 Å². The van der Waals surface area contributed by atoms with Crippen LogP contribution in [0.4, 0.5) is 8.78 Å². The van der Waals surface area contributed by atoms with Gasteiger partial charge in [-0.15, -0.1) is 11.3 Å². The molecule has 1 amide bonds. The van der Waals surface area contributed by atoms with E-state index in [1.807, 2.05) is 31.2 Å². The van der Waals surface area contributed by atoms with E-state index in [-0.39, 0.29) is 26.5 Å². The average molecular weight is 489 g/mol. The standard InChI is InChI=1S/C24H19ClF2N2O3S/c1-3-32-19-11-14(8-9-28-19)13-4-7-18(31-2)15(10-13)12-29-24(30)23-21(25)20-16(26)5-6-17(27)22(20)33-23/h4-11H,3,12H2,1-2H3,(H,29,30). The molecule has 170 valence electrons. The first-order valence-electron chi connectivity index (χ1n) is 10.0. The summed E-state index contributed by atoms with van der Waals surface area (Å²) < 4.78 is 39.1. The lowest BCUT2D eigenvalue weighted by atomic mass is 10.0. The number of fused-ring (bicyclic) bond motifs is 1. The van der Waals surface area contributed by atoms with Gasteiger partial charge >= 0.3 is 0 Å². The first-order valence-corrected chi connectivity index (χ1v) is 11.2. The van der Waals surface area contributed by atoms with E-state index in [4.69, 9.17) is 21.1 Å². The molecule has 2 aromatic carbocycles. The summed E-state index contributed by atoms with van der Waals surface area (Å²) >= 11 is 7.03. The summed E-state index contributed by atoms with van der Waals surface area (Å²) in [6.45, 7) is 2.51. The van der Waals surface area contributed by atoms with Crippen LogP contribution in [-0.2, 0) is 6.54 Å². The van der Waals surface area contributed by atoms with Gasteiger partial charge in [-0.2, -0.15) is 0 Å². The van der Waals surface area contributed by atoms with Gasteiger partial charge < -0.3 is 14.8 Å². The van der Waals surface area contributed by atoms with Crippen LogP contribution < -0.4 is 14.8 Å². The molecule has 0 aliphatic carbocycles. The SMILES string of the molecule is CCOc1cc(-c2ccc(OC)c(CNC(=O)c3sc4c(F)ccc(F)c4c3Cl)c2)ccn1. The second-order valence-corrected chi connectivity index (χ2v) is 8.40. The molecule has 0 aliphatic rings. The molecule has 33 heavy (non-hydrogen) atoms. The van der Waals surface area contributed by atoms with Crippen molar-refractivity contribution in [3.63, 3.8) is 0 Å². The lowest BCUT2D eigenvalue weighted by Crippen LogP contribution is -2.22. The quantitative estimate of drug-likeness (QED) is 0.335. The van der Waals surface area contributed by atoms with Crippen molar-refractivity contribution in [2.24, 2.45) is 0 Å². The van der Waals surface area contributed by atoms with Gasteiger partial charge in [0, 0.05) is 24.4 Å². The number of rotatable bonds is 7. The van der Waals surface area contributed by atoms with Crippen LogP contribution in [0, 0.1) is 11.6 Å². The Morgan fingerprint density at radius 1 is 1.12 bits per heavy atom. The van der Waals surface area contributed by atoms with Gasteiger partial charge in [0.15, 0.2) is 0 Å². The third-order valence-corrected chi connectivity index (χ3v) is 6.66. The summed E-state index contributed by atoms with van der Waals surface area (Å²) in [6.07, 6.45) is 1.66. The van der Waals surface area contributed by atoms with Crippen LogP contribution in [0.3, 0.4) is 0 Å². The summed E-state index contributed by atoms with van der Waals surface area (Å²) in [5.41, 5.74) is 2.49. The van der Waals surface area contributed by atoms with Crippen molar-refractivity contribution in [2.75, 3.05) is 13.7 Å². The van der Waals surface area contributed by atoms with Gasteiger partial charge in [0.25, 0.3) is 5.91 Å². The maximum atomic E-state index is 14.1. The van der Waals surface area contributed by atoms with E-state index in [2.05, 4.69) is 10.3 Å². The molecular formula is C24H19ClF2N2O3S. The molecule has 5 nitrogen and oxygen atoms in total. The van der Waals surface area contributed by atoms with E-state index in [9.17, 15) is 13.6 Å². The number of benzene rings is 2. The Labute approximate surface area is 197 Å². The Kier molecular flexibility index (Phi) is 6.76. The molecule has 0 spiro atoms. The molecular weight excluding hydrogens is 470 g/mol. The third kappa shape index (κ3) is 4.62. The molecule has 0 bridgehead atoms. The van der Waals surface area contributed by atoms with Crippen LogP contribution in [0.25, 0.3) is 21.2 Å². The summed E-state index contributed by atoms with van der Waals surface area (Å²) in [5.74, 6) is -0.743. The van der Waals surface area contributed by atoms with E-state index in [1.165, 1.54) is 7.11 Å². The molecule has 0 fully saturated rings. The maximum Gasteiger partial charge on any atom is 0.263 e. The zero-order chi connectivity index (χ0) is 23.5. The normalized spacial score (nSPS) is 10.9. The van der Waals surface area contributed by atoms with Crippen LogP contribution in [0.15, 0.2) is 48.7 Å². The molecule has 2 heterocycles. The lowest BCUT2D eigenvalue weighted by molar-refractivity contribution is 0.0955. The number of amides is 1. The highest BCUT2D eigenvalue weighted by Crippen LogP contribution is 2.38. The van der Waals surface area contributed by atoms with Crippen LogP contribution >= 0.6 is 22.9 Å². The number of nitrogens with zero attached hydrogens (tertiary/aromatic N) is 1. The highest BCUT2D eigenvalue weighted by atomic mass is 35.5. The van der Waals surface area contributed by atoms with Crippen molar-refractivity contribution in [3.8, 4) is 22.8 Å². The number of nitrogens with one attached hydrogen (secondary N) is 1. The molecule has 0 radical (unpaired) electrons. The van der Waals surface area contributed by atoms with Crippen molar-refractivity contribution < 1.29 is 23.0 Å². The van der Waals surface area contributed by atoms with Gasteiger partial charge in [-0.05, 0) is 48.4 Å². The predicted octanol–water partition coefficient (Wildman–Crippen LogP) is 6.23. The first kappa shape index (κ1) is 22.9. The molecule has 0 saturated heterocycles. The van der Waals surface area contributed by atoms with Crippen molar-refractivity contribution in [3.05, 3.63) is 75.8 Å².